The molecule has 2 amide bonds. The van der Waals surface area contributed by atoms with Crippen LogP contribution in [0.15, 0.2) is 24.3 Å². The molecular formula is C15H16N4O3S. The maximum atomic E-state index is 12.2. The predicted molar refractivity (Wildman–Crippen MR) is 86.3 cm³/mol. The fourth-order valence-electron chi connectivity index (χ4n) is 2.45. The molecular weight excluding hydrogens is 316 g/mol. The quantitative estimate of drug-likeness (QED) is 0.920. The molecule has 0 spiro atoms. The predicted octanol–water partition coefficient (Wildman–Crippen LogP) is 1.63. The summed E-state index contributed by atoms with van der Waals surface area (Å²) < 4.78 is 5.30. The van der Waals surface area contributed by atoms with Gasteiger partial charge >= 0.3 is 0 Å². The molecule has 1 saturated heterocycles. The molecule has 0 aliphatic carbocycles. The molecule has 7 nitrogen and oxygen atoms in total. The number of anilines is 1. The molecule has 1 aromatic heterocycles. The van der Waals surface area contributed by atoms with E-state index in [0.717, 1.165) is 5.56 Å². The van der Waals surface area contributed by atoms with Gasteiger partial charge in [0.1, 0.15) is 5.75 Å². The van der Waals surface area contributed by atoms with Crippen LogP contribution >= 0.6 is 11.3 Å². The molecule has 0 saturated carbocycles. The number of hydrogen-bond acceptors (Lipinski definition) is 6. The van der Waals surface area contributed by atoms with Crippen LogP contribution < -0.4 is 10.1 Å². The lowest BCUT2D eigenvalue weighted by Crippen LogP contribution is -2.25. The van der Waals surface area contributed by atoms with E-state index in [1.165, 1.54) is 11.3 Å². The molecule has 2 heterocycles. The highest BCUT2D eigenvalue weighted by molar-refractivity contribution is 7.18. The maximum Gasteiger partial charge on any atom is 0.231 e. The van der Waals surface area contributed by atoms with Crippen LogP contribution in [0.4, 0.5) is 5.13 Å². The van der Waals surface area contributed by atoms with E-state index in [4.69, 9.17) is 4.74 Å². The lowest BCUT2D eigenvalue weighted by molar-refractivity contribution is -0.127. The first-order valence-electron chi connectivity index (χ1n) is 7.10. The molecule has 1 aromatic carbocycles. The number of benzene rings is 1. The molecule has 1 fully saturated rings. The van der Waals surface area contributed by atoms with Crippen LogP contribution in [-0.2, 0) is 9.59 Å². The minimum atomic E-state index is -0.342. The summed E-state index contributed by atoms with van der Waals surface area (Å²) in [4.78, 5) is 25.3. The Hall–Kier alpha value is -2.48. The number of hydrogen-bond donors (Lipinski definition) is 1. The molecule has 1 aliphatic heterocycles. The number of carbonyl (C=O) groups excluding carboxylic acids is 2. The van der Waals surface area contributed by atoms with Crippen molar-refractivity contribution in [3.05, 3.63) is 24.3 Å². The molecule has 0 radical (unpaired) electrons. The van der Waals surface area contributed by atoms with Crippen molar-refractivity contribution in [1.82, 2.24) is 15.1 Å². The Kier molecular flexibility index (Phi) is 4.24. The summed E-state index contributed by atoms with van der Waals surface area (Å²) in [6.45, 7) is 0.433. The van der Waals surface area contributed by atoms with Gasteiger partial charge in [-0.1, -0.05) is 23.5 Å². The Bertz CT molecular complexity index is 746. The van der Waals surface area contributed by atoms with Crippen LogP contribution in [0, 0.1) is 5.92 Å². The number of amides is 2. The summed E-state index contributed by atoms with van der Waals surface area (Å²) >= 11 is 1.27. The highest BCUT2D eigenvalue weighted by Gasteiger charge is 2.32. The number of ether oxygens (including phenoxy) is 1. The van der Waals surface area contributed by atoms with Crippen molar-refractivity contribution in [3.8, 4) is 16.3 Å². The Balaban J connectivity index is 1.73. The number of nitrogens with zero attached hydrogens (tertiary/aromatic N) is 3. The van der Waals surface area contributed by atoms with Crippen molar-refractivity contribution in [3.63, 3.8) is 0 Å². The van der Waals surface area contributed by atoms with Gasteiger partial charge in [-0.15, -0.1) is 10.2 Å². The standard InChI is InChI=1S/C15H16N4O3S/c1-19-8-9(7-12(19)20)13(21)16-15-18-17-14(23-15)10-5-3-4-6-11(10)22-2/h3-6,9H,7-8H2,1-2H3,(H,16,18,21)/t9-/m1/s1. The van der Waals surface area contributed by atoms with Crippen LogP contribution in [0.5, 0.6) is 5.75 Å². The molecule has 1 atom stereocenters. The second-order valence-electron chi connectivity index (χ2n) is 5.28. The molecule has 1 N–H and O–H groups in total. The van der Waals surface area contributed by atoms with Crippen LogP contribution in [0.25, 0.3) is 10.6 Å². The number of carbonyl (C=O) groups is 2. The van der Waals surface area contributed by atoms with Crippen molar-refractivity contribution in [1.29, 1.82) is 0 Å². The van der Waals surface area contributed by atoms with Crippen LogP contribution in [0.3, 0.4) is 0 Å². The first kappa shape index (κ1) is 15.4. The fraction of sp³-hybridized carbons (Fsp3) is 0.333. The Morgan fingerprint density at radius 2 is 2.17 bits per heavy atom. The third kappa shape index (κ3) is 3.16. The highest BCUT2D eigenvalue weighted by atomic mass is 32.1. The van der Waals surface area contributed by atoms with Gasteiger partial charge in [0.15, 0.2) is 5.01 Å². The van der Waals surface area contributed by atoms with Crippen molar-refractivity contribution >= 4 is 28.3 Å². The zero-order chi connectivity index (χ0) is 16.4. The largest absolute Gasteiger partial charge is 0.496 e. The molecule has 3 rings (SSSR count). The number of aromatic nitrogens is 2. The van der Waals surface area contributed by atoms with Gasteiger partial charge in [0, 0.05) is 20.0 Å². The Labute approximate surface area is 137 Å². The van der Waals surface area contributed by atoms with Gasteiger partial charge < -0.3 is 15.0 Å². The van der Waals surface area contributed by atoms with E-state index in [2.05, 4.69) is 15.5 Å². The van der Waals surface area contributed by atoms with Gasteiger partial charge in [-0.3, -0.25) is 9.59 Å². The van der Waals surface area contributed by atoms with Crippen molar-refractivity contribution < 1.29 is 14.3 Å². The lowest BCUT2D eigenvalue weighted by atomic mass is 10.1. The van der Waals surface area contributed by atoms with Gasteiger partial charge in [-0.2, -0.15) is 0 Å². The Morgan fingerprint density at radius 1 is 1.39 bits per heavy atom. The minimum absolute atomic E-state index is 0.0166. The van der Waals surface area contributed by atoms with Crippen molar-refractivity contribution in [2.24, 2.45) is 5.92 Å². The zero-order valence-corrected chi connectivity index (χ0v) is 13.6. The topological polar surface area (TPSA) is 84.4 Å². The number of para-hydroxylation sites is 1. The highest BCUT2D eigenvalue weighted by Crippen LogP contribution is 2.33. The minimum Gasteiger partial charge on any atom is -0.496 e. The monoisotopic (exact) mass is 332 g/mol. The number of likely N-dealkylation sites (tertiary alicyclic amines) is 1. The number of rotatable bonds is 4. The van der Waals surface area contributed by atoms with E-state index >= 15 is 0 Å². The number of nitrogens with one attached hydrogen (secondary N) is 1. The molecule has 8 heteroatoms. The summed E-state index contributed by atoms with van der Waals surface area (Å²) in [5.74, 6) is 0.137. The van der Waals surface area contributed by atoms with Crippen LogP contribution in [-0.4, -0.2) is 47.6 Å². The van der Waals surface area contributed by atoms with E-state index in [1.54, 1.807) is 19.1 Å². The first-order chi connectivity index (χ1) is 11.1. The van der Waals surface area contributed by atoms with Crippen molar-refractivity contribution in [2.45, 2.75) is 6.42 Å². The summed E-state index contributed by atoms with van der Waals surface area (Å²) in [6.07, 6.45) is 0.237. The van der Waals surface area contributed by atoms with Gasteiger partial charge in [-0.25, -0.2) is 0 Å². The van der Waals surface area contributed by atoms with E-state index in [-0.39, 0.29) is 24.2 Å². The maximum absolute atomic E-state index is 12.2. The van der Waals surface area contributed by atoms with Gasteiger partial charge in [-0.05, 0) is 12.1 Å². The average Bonchev–Trinajstić information content (AvgIpc) is 3.14. The number of methoxy groups -OCH3 is 1. The normalized spacial score (nSPS) is 17.4. The first-order valence-corrected chi connectivity index (χ1v) is 7.92. The summed E-state index contributed by atoms with van der Waals surface area (Å²) in [7, 11) is 3.29. The second kappa shape index (κ2) is 6.33. The third-order valence-corrected chi connectivity index (χ3v) is 4.58. The summed E-state index contributed by atoms with van der Waals surface area (Å²) in [5.41, 5.74) is 0.823. The lowest BCUT2D eigenvalue weighted by Gasteiger charge is -2.08. The third-order valence-electron chi connectivity index (χ3n) is 3.70. The van der Waals surface area contributed by atoms with Gasteiger partial charge in [0.2, 0.25) is 16.9 Å². The molecule has 1 aliphatic rings. The van der Waals surface area contributed by atoms with Gasteiger partial charge in [0.05, 0.1) is 18.6 Å². The van der Waals surface area contributed by atoms with Gasteiger partial charge in [0.25, 0.3) is 0 Å². The van der Waals surface area contributed by atoms with E-state index in [9.17, 15) is 9.59 Å². The summed E-state index contributed by atoms with van der Waals surface area (Å²) in [6, 6.07) is 7.49. The summed E-state index contributed by atoms with van der Waals surface area (Å²) in [5, 5.41) is 11.9. The van der Waals surface area contributed by atoms with E-state index in [0.29, 0.717) is 22.4 Å². The van der Waals surface area contributed by atoms with E-state index in [1.807, 2.05) is 24.3 Å². The zero-order valence-electron chi connectivity index (χ0n) is 12.8. The average molecular weight is 332 g/mol. The molecule has 120 valence electrons. The molecule has 0 unspecified atom stereocenters. The fourth-order valence-corrected chi connectivity index (χ4v) is 3.23. The molecule has 2 aromatic rings. The van der Waals surface area contributed by atoms with Crippen molar-refractivity contribution in [2.75, 3.05) is 26.0 Å². The van der Waals surface area contributed by atoms with E-state index < -0.39 is 0 Å². The molecule has 0 bridgehead atoms. The molecule has 23 heavy (non-hydrogen) atoms. The van der Waals surface area contributed by atoms with Crippen LogP contribution in [0.2, 0.25) is 0 Å². The van der Waals surface area contributed by atoms with Crippen LogP contribution in [0.1, 0.15) is 6.42 Å². The smallest absolute Gasteiger partial charge is 0.231 e. The Morgan fingerprint density at radius 3 is 2.87 bits per heavy atom. The second-order valence-corrected chi connectivity index (χ2v) is 6.25. The SMILES string of the molecule is COc1ccccc1-c1nnc(NC(=O)[C@@H]2CC(=O)N(C)C2)s1.